The minimum absolute atomic E-state index is 0.373. The second-order valence-electron chi connectivity index (χ2n) is 5.78. The fraction of sp³-hybridized carbons (Fsp3) is 0.500. The van der Waals surface area contributed by atoms with E-state index in [-0.39, 0.29) is 6.10 Å². The van der Waals surface area contributed by atoms with Gasteiger partial charge in [0.05, 0.1) is 18.3 Å². The second-order valence-corrected chi connectivity index (χ2v) is 5.78. The molecule has 0 spiro atoms. The van der Waals surface area contributed by atoms with E-state index in [9.17, 15) is 5.11 Å². The Kier molecular flexibility index (Phi) is 5.15. The number of aliphatic hydroxyl groups excluding tert-OH is 1. The van der Waals surface area contributed by atoms with Crippen LogP contribution in [0.2, 0.25) is 0 Å². The first-order valence-electron chi connectivity index (χ1n) is 7.80. The number of nitrogens with zero attached hydrogens (tertiary/aromatic N) is 5. The summed E-state index contributed by atoms with van der Waals surface area (Å²) >= 11 is 0. The molecule has 1 N–H and O–H groups in total. The van der Waals surface area contributed by atoms with Crippen LogP contribution in [0, 0.1) is 0 Å². The standard InChI is InChI=1S/C16H23N5O/c22-16(14-21-7-3-6-18-21)13-20-10-8-19(9-11-20)12-15-4-1-2-5-17-15/h1-7,16,22H,8-14H2/t16-/m1/s1. The zero-order valence-corrected chi connectivity index (χ0v) is 12.8. The van der Waals surface area contributed by atoms with Gasteiger partial charge in [0.1, 0.15) is 0 Å². The van der Waals surface area contributed by atoms with Gasteiger partial charge < -0.3 is 5.11 Å². The van der Waals surface area contributed by atoms with Gasteiger partial charge in [-0.15, -0.1) is 0 Å². The third-order valence-corrected chi connectivity index (χ3v) is 4.00. The van der Waals surface area contributed by atoms with E-state index in [1.54, 1.807) is 10.9 Å². The summed E-state index contributed by atoms with van der Waals surface area (Å²) in [5.74, 6) is 0. The number of hydrogen-bond donors (Lipinski definition) is 1. The highest BCUT2D eigenvalue weighted by Gasteiger charge is 2.19. The number of β-amino-alcohol motifs (C(OH)–C–C–N with tert-alkyl or cyclic N) is 1. The summed E-state index contributed by atoms with van der Waals surface area (Å²) in [7, 11) is 0. The van der Waals surface area contributed by atoms with Gasteiger partial charge in [-0.1, -0.05) is 6.07 Å². The minimum atomic E-state index is -0.373. The lowest BCUT2D eigenvalue weighted by Gasteiger charge is -2.35. The maximum absolute atomic E-state index is 10.1. The molecule has 0 aliphatic carbocycles. The third-order valence-electron chi connectivity index (χ3n) is 4.00. The smallest absolute Gasteiger partial charge is 0.0862 e. The lowest BCUT2D eigenvalue weighted by molar-refractivity contribution is 0.0602. The van der Waals surface area contributed by atoms with Crippen LogP contribution >= 0.6 is 0 Å². The molecule has 118 valence electrons. The van der Waals surface area contributed by atoms with Crippen molar-refractivity contribution in [3.8, 4) is 0 Å². The molecular weight excluding hydrogens is 278 g/mol. The van der Waals surface area contributed by atoms with Crippen LogP contribution in [0.1, 0.15) is 5.69 Å². The van der Waals surface area contributed by atoms with Gasteiger partial charge in [-0.05, 0) is 18.2 Å². The van der Waals surface area contributed by atoms with Gasteiger partial charge in [-0.25, -0.2) is 0 Å². The van der Waals surface area contributed by atoms with Crippen molar-refractivity contribution in [3.05, 3.63) is 48.5 Å². The van der Waals surface area contributed by atoms with Crippen molar-refractivity contribution in [2.45, 2.75) is 19.2 Å². The molecule has 1 atom stereocenters. The van der Waals surface area contributed by atoms with Crippen LogP contribution in [-0.4, -0.2) is 68.5 Å². The first-order chi connectivity index (χ1) is 10.8. The molecule has 2 aromatic heterocycles. The first kappa shape index (κ1) is 15.1. The van der Waals surface area contributed by atoms with Crippen LogP contribution in [0.25, 0.3) is 0 Å². The summed E-state index contributed by atoms with van der Waals surface area (Å²) in [5.41, 5.74) is 1.12. The Hall–Kier alpha value is -1.76. The van der Waals surface area contributed by atoms with Crippen molar-refractivity contribution in [2.24, 2.45) is 0 Å². The molecule has 1 saturated heterocycles. The van der Waals surface area contributed by atoms with Gasteiger partial charge in [0.2, 0.25) is 0 Å². The molecule has 1 fully saturated rings. The quantitative estimate of drug-likeness (QED) is 0.840. The number of rotatable bonds is 6. The van der Waals surface area contributed by atoms with Gasteiger partial charge in [-0.2, -0.15) is 5.10 Å². The Morgan fingerprint density at radius 1 is 1.00 bits per heavy atom. The predicted octanol–water partition coefficient (Wildman–Crippen LogP) is 0.457. The maximum Gasteiger partial charge on any atom is 0.0862 e. The van der Waals surface area contributed by atoms with E-state index in [1.165, 1.54) is 0 Å². The highest BCUT2D eigenvalue weighted by atomic mass is 16.3. The van der Waals surface area contributed by atoms with Crippen molar-refractivity contribution >= 4 is 0 Å². The average molecular weight is 301 g/mol. The van der Waals surface area contributed by atoms with Gasteiger partial charge in [0, 0.05) is 57.9 Å². The molecule has 0 aromatic carbocycles. The molecule has 1 aliphatic rings. The van der Waals surface area contributed by atoms with Crippen LogP contribution in [0.4, 0.5) is 0 Å². The Balaban J connectivity index is 1.40. The lowest BCUT2D eigenvalue weighted by atomic mass is 10.2. The van der Waals surface area contributed by atoms with Gasteiger partial charge >= 0.3 is 0 Å². The second kappa shape index (κ2) is 7.49. The van der Waals surface area contributed by atoms with E-state index in [2.05, 4.69) is 25.9 Å². The molecule has 0 radical (unpaired) electrons. The number of hydrogen-bond acceptors (Lipinski definition) is 5. The van der Waals surface area contributed by atoms with E-state index in [0.29, 0.717) is 13.1 Å². The summed E-state index contributed by atoms with van der Waals surface area (Å²) in [6, 6.07) is 7.93. The normalized spacial score (nSPS) is 18.4. The molecule has 0 amide bonds. The van der Waals surface area contributed by atoms with Crippen molar-refractivity contribution in [2.75, 3.05) is 32.7 Å². The van der Waals surface area contributed by atoms with Crippen molar-refractivity contribution < 1.29 is 5.11 Å². The molecule has 3 heterocycles. The lowest BCUT2D eigenvalue weighted by Crippen LogP contribution is -2.48. The summed E-state index contributed by atoms with van der Waals surface area (Å²) in [6.07, 6.45) is 5.09. The van der Waals surface area contributed by atoms with E-state index in [4.69, 9.17) is 0 Å². The topological polar surface area (TPSA) is 57.4 Å². The zero-order valence-electron chi connectivity index (χ0n) is 12.8. The summed E-state index contributed by atoms with van der Waals surface area (Å²) < 4.78 is 1.78. The Bertz CT molecular complexity index is 537. The third kappa shape index (κ3) is 4.37. The molecule has 6 heteroatoms. The molecule has 0 saturated carbocycles. The van der Waals surface area contributed by atoms with Crippen LogP contribution < -0.4 is 0 Å². The number of aliphatic hydroxyl groups is 1. The summed E-state index contributed by atoms with van der Waals surface area (Å²) in [5, 5.41) is 14.3. The molecule has 6 nitrogen and oxygen atoms in total. The van der Waals surface area contributed by atoms with E-state index in [0.717, 1.165) is 38.4 Å². The maximum atomic E-state index is 10.1. The van der Waals surface area contributed by atoms with E-state index < -0.39 is 0 Å². The molecule has 0 bridgehead atoms. The van der Waals surface area contributed by atoms with E-state index in [1.807, 2.05) is 30.6 Å². The van der Waals surface area contributed by atoms with Crippen LogP contribution in [0.15, 0.2) is 42.9 Å². The Morgan fingerprint density at radius 3 is 2.50 bits per heavy atom. The number of piperazine rings is 1. The Morgan fingerprint density at radius 2 is 1.82 bits per heavy atom. The van der Waals surface area contributed by atoms with Gasteiger partial charge in [0.15, 0.2) is 0 Å². The van der Waals surface area contributed by atoms with Crippen molar-refractivity contribution in [1.29, 1.82) is 0 Å². The zero-order chi connectivity index (χ0) is 15.2. The monoisotopic (exact) mass is 301 g/mol. The van der Waals surface area contributed by atoms with Gasteiger partial charge in [0.25, 0.3) is 0 Å². The SMILES string of the molecule is O[C@H](CN1CCN(Cc2ccccn2)CC1)Cn1cccn1. The molecule has 1 aliphatic heterocycles. The number of aromatic nitrogens is 3. The first-order valence-corrected chi connectivity index (χ1v) is 7.80. The summed E-state index contributed by atoms with van der Waals surface area (Å²) in [4.78, 5) is 9.11. The molecule has 3 rings (SSSR count). The Labute approximate surface area is 131 Å². The van der Waals surface area contributed by atoms with Gasteiger partial charge in [-0.3, -0.25) is 19.5 Å². The fourth-order valence-electron chi connectivity index (χ4n) is 2.83. The van der Waals surface area contributed by atoms with Crippen LogP contribution in [-0.2, 0) is 13.1 Å². The largest absolute Gasteiger partial charge is 0.390 e. The fourth-order valence-corrected chi connectivity index (χ4v) is 2.83. The highest BCUT2D eigenvalue weighted by molar-refractivity contribution is 5.03. The summed E-state index contributed by atoms with van der Waals surface area (Å²) in [6.45, 7) is 6.19. The molecule has 0 unspecified atom stereocenters. The highest BCUT2D eigenvalue weighted by Crippen LogP contribution is 2.07. The molecule has 22 heavy (non-hydrogen) atoms. The van der Waals surface area contributed by atoms with Crippen molar-refractivity contribution in [3.63, 3.8) is 0 Å². The van der Waals surface area contributed by atoms with Crippen molar-refractivity contribution in [1.82, 2.24) is 24.6 Å². The van der Waals surface area contributed by atoms with Crippen LogP contribution in [0.5, 0.6) is 0 Å². The average Bonchev–Trinajstić information content (AvgIpc) is 3.03. The molecular formula is C16H23N5O. The predicted molar refractivity (Wildman–Crippen MR) is 84.2 cm³/mol. The minimum Gasteiger partial charge on any atom is -0.390 e. The molecule has 2 aromatic rings. The number of pyridine rings is 1. The van der Waals surface area contributed by atoms with E-state index >= 15 is 0 Å². The van der Waals surface area contributed by atoms with Crippen LogP contribution in [0.3, 0.4) is 0 Å².